The minimum atomic E-state index is -2.51. The predicted octanol–water partition coefficient (Wildman–Crippen LogP) is 15.6. The van der Waals surface area contributed by atoms with Gasteiger partial charge in [0.05, 0.1) is 24.4 Å². The van der Waals surface area contributed by atoms with Crippen molar-refractivity contribution in [1.82, 2.24) is 0 Å². The quantitative estimate of drug-likeness (QED) is 0.110. The number of hydrogen-bond donors (Lipinski definition) is 0. The van der Waals surface area contributed by atoms with Crippen molar-refractivity contribution in [3.63, 3.8) is 0 Å². The molecular formula is C54H90O6P2Si. The highest BCUT2D eigenvalue weighted by Gasteiger charge is 2.43. The van der Waals surface area contributed by atoms with Crippen molar-refractivity contribution >= 4 is 35.7 Å². The topological polar surface area (TPSA) is 55.4 Å². The standard InChI is InChI=1S/C54H90O6P2Si/c1-35(2)43-27-23-39(9)31-49(43)57-61(58-50-32-40(10)24-28-44(50)36(3)4)55-47-19-15-17-21-53(47)63(13,14)54-22-18-16-20-48(54)56-62(59-51-33-41(11)25-29-45(51)37(5)6)60-52-34-42(12)26-30-46(52)38(7)8/h15-22,35-46,49-52H,23-34H2,1-14H3/t39-,40-,41-,42-,43+,44?,45+,46?,49-,50-,51-,52-,61?,62?/m1/s1. The summed E-state index contributed by atoms with van der Waals surface area (Å²) in [5, 5.41) is 2.45. The normalized spacial score (nSPS) is 33.2. The van der Waals surface area contributed by atoms with Gasteiger partial charge < -0.3 is 9.05 Å². The summed E-state index contributed by atoms with van der Waals surface area (Å²) in [4.78, 5) is 0. The van der Waals surface area contributed by atoms with E-state index in [0.717, 1.165) is 37.2 Å². The van der Waals surface area contributed by atoms with Crippen LogP contribution in [0.5, 0.6) is 11.5 Å². The lowest BCUT2D eigenvalue weighted by Crippen LogP contribution is -2.53. The Labute approximate surface area is 389 Å². The van der Waals surface area contributed by atoms with E-state index in [1.807, 2.05) is 0 Å². The molecule has 0 spiro atoms. The molecule has 0 radical (unpaired) electrons. The first-order valence-corrected chi connectivity index (χ1v) is 30.9. The van der Waals surface area contributed by atoms with Gasteiger partial charge in [-0.1, -0.05) is 158 Å². The summed E-state index contributed by atoms with van der Waals surface area (Å²) in [6.07, 6.45) is 14.5. The molecule has 0 aromatic heterocycles. The SMILES string of the molecule is CC(C)C1CC[C@@H](C)C[C@H]1OP(Oc1ccccc1[Si](C)(C)c1ccccc1OP(O[C@@H]1C[C@H](C)CCC1C(C)C)O[C@@H]1C[C@H](C)CC[C@H]1C(C)C)O[C@@H]1C[C@H](C)CC[C@H]1C(C)C. The van der Waals surface area contributed by atoms with Crippen molar-refractivity contribution in [2.75, 3.05) is 0 Å². The molecule has 6 nitrogen and oxygen atoms in total. The maximum absolute atomic E-state index is 7.26. The molecule has 0 aliphatic heterocycles. The first kappa shape index (κ1) is 51.4. The Morgan fingerprint density at radius 2 is 0.667 bits per heavy atom. The molecule has 4 aliphatic rings. The number of benzene rings is 2. The van der Waals surface area contributed by atoms with Gasteiger partial charge in [-0.25, -0.2) is 0 Å². The van der Waals surface area contributed by atoms with Crippen LogP contribution >= 0.6 is 17.2 Å². The molecule has 63 heavy (non-hydrogen) atoms. The molecule has 0 N–H and O–H groups in total. The fraction of sp³-hybridized carbons (Fsp3) is 0.778. The fourth-order valence-corrected chi connectivity index (χ4v) is 17.7. The van der Waals surface area contributed by atoms with Crippen molar-refractivity contribution in [3.05, 3.63) is 48.5 Å². The zero-order valence-electron chi connectivity index (χ0n) is 42.2. The molecule has 0 amide bonds. The van der Waals surface area contributed by atoms with Gasteiger partial charge in [-0.15, -0.1) is 0 Å². The second kappa shape index (κ2) is 23.3. The van der Waals surface area contributed by atoms with Crippen LogP contribution in [-0.2, 0) is 18.1 Å². The third-order valence-corrected chi connectivity index (χ3v) is 22.2. The average molecular weight is 925 g/mol. The minimum absolute atomic E-state index is 0.119. The summed E-state index contributed by atoms with van der Waals surface area (Å²) in [6, 6.07) is 17.5. The smallest absolute Gasteiger partial charge is 0.397 e. The van der Waals surface area contributed by atoms with Gasteiger partial charge in [0.15, 0.2) is 0 Å². The van der Waals surface area contributed by atoms with Crippen LogP contribution in [0.15, 0.2) is 48.5 Å². The van der Waals surface area contributed by atoms with Crippen LogP contribution in [0.3, 0.4) is 0 Å². The summed E-state index contributed by atoms with van der Waals surface area (Å²) in [7, 11) is -5.85. The Morgan fingerprint density at radius 3 is 0.921 bits per heavy atom. The van der Waals surface area contributed by atoms with Crippen LogP contribution in [0, 0.1) is 71.0 Å². The molecule has 0 heterocycles. The van der Waals surface area contributed by atoms with E-state index >= 15 is 0 Å². The molecule has 2 aromatic carbocycles. The highest BCUT2D eigenvalue weighted by atomic mass is 31.2. The average Bonchev–Trinajstić information content (AvgIpc) is 3.21. The minimum Gasteiger partial charge on any atom is -0.427 e. The molecule has 6 rings (SSSR count). The van der Waals surface area contributed by atoms with Gasteiger partial charge in [0.2, 0.25) is 0 Å². The van der Waals surface area contributed by atoms with Crippen LogP contribution in [0.2, 0.25) is 13.1 Å². The van der Waals surface area contributed by atoms with E-state index in [4.69, 9.17) is 27.1 Å². The molecule has 4 unspecified atom stereocenters. The lowest BCUT2D eigenvalue weighted by molar-refractivity contribution is -0.00309. The molecule has 9 heteroatoms. The molecule has 0 saturated heterocycles. The van der Waals surface area contributed by atoms with E-state index in [2.05, 4.69) is 145 Å². The lowest BCUT2D eigenvalue weighted by atomic mass is 9.75. The zero-order chi connectivity index (χ0) is 45.6. The second-order valence-corrected chi connectivity index (χ2v) is 29.6. The predicted molar refractivity (Wildman–Crippen MR) is 270 cm³/mol. The third kappa shape index (κ3) is 13.6. The summed E-state index contributed by atoms with van der Waals surface area (Å²) >= 11 is 0. The van der Waals surface area contributed by atoms with Crippen molar-refractivity contribution in [2.45, 2.75) is 198 Å². The zero-order valence-corrected chi connectivity index (χ0v) is 45.0. The summed E-state index contributed by atoms with van der Waals surface area (Å²) in [5.41, 5.74) is 0. The van der Waals surface area contributed by atoms with Gasteiger partial charge in [0, 0.05) is 0 Å². The van der Waals surface area contributed by atoms with E-state index in [-0.39, 0.29) is 24.4 Å². The largest absolute Gasteiger partial charge is 0.427 e. The van der Waals surface area contributed by atoms with Crippen molar-refractivity contribution in [1.29, 1.82) is 0 Å². The van der Waals surface area contributed by atoms with Gasteiger partial charge in [-0.05, 0) is 145 Å². The molecule has 356 valence electrons. The Kier molecular flexibility index (Phi) is 19.0. The second-order valence-electron chi connectivity index (χ2n) is 23.1. The molecule has 4 saturated carbocycles. The van der Waals surface area contributed by atoms with Crippen molar-refractivity contribution in [3.8, 4) is 11.5 Å². The first-order chi connectivity index (χ1) is 29.9. The molecule has 4 aliphatic carbocycles. The van der Waals surface area contributed by atoms with Gasteiger partial charge in [-0.3, -0.25) is 18.1 Å². The van der Waals surface area contributed by atoms with Crippen LogP contribution in [-0.4, -0.2) is 32.5 Å². The summed E-state index contributed by atoms with van der Waals surface area (Å²) in [6.45, 7) is 33.3. The fourth-order valence-electron chi connectivity index (χ4n) is 12.0. The number of para-hydroxylation sites is 2. The summed E-state index contributed by atoms with van der Waals surface area (Å²) in [5.74, 6) is 8.43. The monoisotopic (exact) mass is 925 g/mol. The van der Waals surface area contributed by atoms with Gasteiger partial charge in [0.1, 0.15) is 19.6 Å². The Hall–Kier alpha value is -1.04. The highest BCUT2D eigenvalue weighted by Crippen LogP contribution is 2.53. The van der Waals surface area contributed by atoms with Crippen molar-refractivity contribution < 1.29 is 27.1 Å². The van der Waals surface area contributed by atoms with E-state index in [1.165, 1.54) is 61.7 Å². The van der Waals surface area contributed by atoms with Crippen LogP contribution < -0.4 is 19.4 Å². The van der Waals surface area contributed by atoms with E-state index in [1.54, 1.807) is 0 Å². The van der Waals surface area contributed by atoms with E-state index in [9.17, 15) is 0 Å². The Balaban J connectivity index is 1.33. The van der Waals surface area contributed by atoms with Gasteiger partial charge >= 0.3 is 17.2 Å². The Bertz CT molecular complexity index is 1500. The van der Waals surface area contributed by atoms with E-state index < -0.39 is 25.3 Å². The first-order valence-electron chi connectivity index (χ1n) is 25.7. The van der Waals surface area contributed by atoms with Gasteiger partial charge in [0.25, 0.3) is 0 Å². The third-order valence-electron chi connectivity index (χ3n) is 16.2. The van der Waals surface area contributed by atoms with Crippen LogP contribution in [0.4, 0.5) is 0 Å². The summed E-state index contributed by atoms with van der Waals surface area (Å²) < 4.78 is 43.5. The molecule has 2 aromatic rings. The maximum Gasteiger partial charge on any atom is 0.397 e. The number of rotatable bonds is 18. The van der Waals surface area contributed by atoms with Crippen molar-refractivity contribution in [2.24, 2.45) is 71.0 Å². The van der Waals surface area contributed by atoms with E-state index in [0.29, 0.717) is 71.0 Å². The molecule has 4 fully saturated rings. The Morgan fingerprint density at radius 1 is 0.413 bits per heavy atom. The van der Waals surface area contributed by atoms with Crippen LogP contribution in [0.1, 0.15) is 160 Å². The lowest BCUT2D eigenvalue weighted by Gasteiger charge is -2.41. The molecular weight excluding hydrogens is 835 g/mol. The van der Waals surface area contributed by atoms with Gasteiger partial charge in [-0.2, -0.15) is 0 Å². The highest BCUT2D eigenvalue weighted by molar-refractivity contribution is 7.42. The van der Waals surface area contributed by atoms with Crippen LogP contribution in [0.25, 0.3) is 0 Å². The maximum atomic E-state index is 7.26. The number of hydrogen-bond acceptors (Lipinski definition) is 6. The molecule has 0 bridgehead atoms. The molecule has 14 atom stereocenters.